The van der Waals surface area contributed by atoms with E-state index in [1.165, 1.54) is 0 Å². The fraction of sp³-hybridized carbons (Fsp3) is 0.556. The van der Waals surface area contributed by atoms with Gasteiger partial charge in [-0.05, 0) is 43.9 Å². The molecule has 5 nitrogen and oxygen atoms in total. The zero-order valence-electron chi connectivity index (χ0n) is 14.0. The molecule has 24 heavy (non-hydrogen) atoms. The molecule has 3 rings (SSSR count). The maximum absolute atomic E-state index is 12.7. The van der Waals surface area contributed by atoms with Crippen LogP contribution in [-0.2, 0) is 9.59 Å². The van der Waals surface area contributed by atoms with Gasteiger partial charge in [-0.1, -0.05) is 23.7 Å². The molecular formula is C18H23ClN2O3. The van der Waals surface area contributed by atoms with Crippen LogP contribution in [-0.4, -0.2) is 52.5 Å². The lowest BCUT2D eigenvalue weighted by Crippen LogP contribution is -2.42. The van der Waals surface area contributed by atoms with E-state index in [1.54, 1.807) is 11.9 Å². The standard InChI is InChI=1S/C18H23ClN2O3/c1-11(12-3-5-13(19)6-4-12)20(2)17(22)10-21-14-7-8-16(21)15(9-14)18(23)24/h3-6,11,14-16H,7-10H2,1-2H3,(H,23,24). The van der Waals surface area contributed by atoms with Gasteiger partial charge in [0.1, 0.15) is 0 Å². The van der Waals surface area contributed by atoms with E-state index in [1.807, 2.05) is 31.2 Å². The van der Waals surface area contributed by atoms with Crippen molar-refractivity contribution in [3.05, 3.63) is 34.9 Å². The summed E-state index contributed by atoms with van der Waals surface area (Å²) in [6.07, 6.45) is 2.55. The van der Waals surface area contributed by atoms with Crippen molar-refractivity contribution in [2.24, 2.45) is 5.92 Å². The topological polar surface area (TPSA) is 60.9 Å². The summed E-state index contributed by atoms with van der Waals surface area (Å²) >= 11 is 5.91. The van der Waals surface area contributed by atoms with Gasteiger partial charge in [-0.15, -0.1) is 0 Å². The molecule has 2 aliphatic heterocycles. The van der Waals surface area contributed by atoms with Crippen LogP contribution in [0.1, 0.15) is 37.8 Å². The molecule has 1 N–H and O–H groups in total. The number of carbonyl (C=O) groups excluding carboxylic acids is 1. The Morgan fingerprint density at radius 1 is 1.33 bits per heavy atom. The van der Waals surface area contributed by atoms with Crippen molar-refractivity contribution in [2.75, 3.05) is 13.6 Å². The lowest BCUT2D eigenvalue weighted by atomic mass is 9.89. The normalized spacial score (nSPS) is 27.2. The summed E-state index contributed by atoms with van der Waals surface area (Å²) in [7, 11) is 1.80. The van der Waals surface area contributed by atoms with Gasteiger partial charge in [-0.3, -0.25) is 14.5 Å². The summed E-state index contributed by atoms with van der Waals surface area (Å²) in [5.74, 6) is -1.03. The van der Waals surface area contributed by atoms with Crippen molar-refractivity contribution in [1.82, 2.24) is 9.80 Å². The maximum Gasteiger partial charge on any atom is 0.308 e. The predicted octanol–water partition coefficient (Wildman–Crippen LogP) is 2.80. The second-order valence-corrected chi connectivity index (χ2v) is 7.32. The molecule has 4 unspecified atom stereocenters. The van der Waals surface area contributed by atoms with Gasteiger partial charge in [0.25, 0.3) is 0 Å². The lowest BCUT2D eigenvalue weighted by molar-refractivity contribution is -0.143. The molecule has 6 heteroatoms. The van der Waals surface area contributed by atoms with E-state index < -0.39 is 5.97 Å². The molecule has 2 heterocycles. The number of nitrogens with zero attached hydrogens (tertiary/aromatic N) is 2. The largest absolute Gasteiger partial charge is 0.481 e. The van der Waals surface area contributed by atoms with Crippen LogP contribution in [0.4, 0.5) is 0 Å². The molecule has 1 amide bonds. The van der Waals surface area contributed by atoms with Crippen LogP contribution in [0.25, 0.3) is 0 Å². The number of carboxylic acid groups (broad SMARTS) is 1. The minimum Gasteiger partial charge on any atom is -0.481 e. The van der Waals surface area contributed by atoms with E-state index in [9.17, 15) is 14.7 Å². The molecule has 130 valence electrons. The zero-order valence-corrected chi connectivity index (χ0v) is 14.7. The second-order valence-electron chi connectivity index (χ2n) is 6.88. The number of likely N-dealkylation sites (N-methyl/N-ethyl adjacent to an activating group) is 1. The van der Waals surface area contributed by atoms with Gasteiger partial charge in [-0.25, -0.2) is 0 Å². The van der Waals surface area contributed by atoms with E-state index in [2.05, 4.69) is 4.90 Å². The number of benzene rings is 1. The highest BCUT2D eigenvalue weighted by Gasteiger charge is 2.49. The molecule has 0 saturated carbocycles. The van der Waals surface area contributed by atoms with Gasteiger partial charge in [0.05, 0.1) is 18.5 Å². The highest BCUT2D eigenvalue weighted by atomic mass is 35.5. The first-order chi connectivity index (χ1) is 11.4. The number of aliphatic carboxylic acids is 1. The molecule has 0 radical (unpaired) electrons. The summed E-state index contributed by atoms with van der Waals surface area (Å²) in [4.78, 5) is 27.9. The Balaban J connectivity index is 1.64. The number of hydrogen-bond acceptors (Lipinski definition) is 3. The number of amides is 1. The Kier molecular flexibility index (Phi) is 4.83. The molecule has 0 aliphatic carbocycles. The molecule has 2 fully saturated rings. The van der Waals surface area contributed by atoms with Crippen molar-refractivity contribution in [3.63, 3.8) is 0 Å². The van der Waals surface area contributed by atoms with Gasteiger partial charge in [0.15, 0.2) is 0 Å². The third kappa shape index (κ3) is 3.15. The van der Waals surface area contributed by atoms with Crippen LogP contribution in [0.15, 0.2) is 24.3 Å². The van der Waals surface area contributed by atoms with E-state index in [-0.39, 0.29) is 30.0 Å². The molecule has 4 atom stereocenters. The summed E-state index contributed by atoms with van der Waals surface area (Å²) in [5, 5.41) is 10.00. The van der Waals surface area contributed by atoms with E-state index in [4.69, 9.17) is 11.6 Å². The van der Waals surface area contributed by atoms with Crippen molar-refractivity contribution in [2.45, 2.75) is 44.3 Å². The minimum absolute atomic E-state index is 0.00990. The first-order valence-electron chi connectivity index (χ1n) is 8.38. The monoisotopic (exact) mass is 350 g/mol. The van der Waals surface area contributed by atoms with Crippen LogP contribution in [0, 0.1) is 5.92 Å². The first-order valence-corrected chi connectivity index (χ1v) is 8.76. The Labute approximate surface area is 147 Å². The minimum atomic E-state index is -0.734. The fourth-order valence-corrected chi connectivity index (χ4v) is 4.19. The fourth-order valence-electron chi connectivity index (χ4n) is 4.06. The average Bonchev–Trinajstić information content (AvgIpc) is 3.11. The van der Waals surface area contributed by atoms with Gasteiger partial charge in [0, 0.05) is 24.2 Å². The van der Waals surface area contributed by atoms with Gasteiger partial charge < -0.3 is 10.0 Å². The first kappa shape index (κ1) is 17.2. The summed E-state index contributed by atoms with van der Waals surface area (Å²) in [6.45, 7) is 2.29. The molecule has 2 saturated heterocycles. The van der Waals surface area contributed by atoms with Crippen molar-refractivity contribution in [1.29, 1.82) is 0 Å². The molecule has 2 bridgehead atoms. The average molecular weight is 351 g/mol. The highest BCUT2D eigenvalue weighted by Crippen LogP contribution is 2.41. The van der Waals surface area contributed by atoms with Crippen LogP contribution >= 0.6 is 11.6 Å². The molecule has 1 aromatic rings. The molecular weight excluding hydrogens is 328 g/mol. The molecule has 0 aromatic heterocycles. The summed E-state index contributed by atoms with van der Waals surface area (Å²) in [6, 6.07) is 7.70. The van der Waals surface area contributed by atoms with Crippen molar-refractivity contribution in [3.8, 4) is 0 Å². The molecule has 1 aromatic carbocycles. The van der Waals surface area contributed by atoms with E-state index in [0.29, 0.717) is 18.0 Å². The van der Waals surface area contributed by atoms with E-state index >= 15 is 0 Å². The number of halogens is 1. The zero-order chi connectivity index (χ0) is 17.4. The summed E-state index contributed by atoms with van der Waals surface area (Å²) < 4.78 is 0. The maximum atomic E-state index is 12.7. The molecule has 2 aliphatic rings. The second kappa shape index (κ2) is 6.73. The number of hydrogen-bond donors (Lipinski definition) is 1. The molecule has 0 spiro atoms. The summed E-state index contributed by atoms with van der Waals surface area (Å²) in [5.41, 5.74) is 1.03. The highest BCUT2D eigenvalue weighted by molar-refractivity contribution is 6.30. The van der Waals surface area contributed by atoms with Crippen LogP contribution in [0.5, 0.6) is 0 Å². The Bertz CT molecular complexity index is 634. The van der Waals surface area contributed by atoms with Crippen LogP contribution in [0.3, 0.4) is 0 Å². The Hall–Kier alpha value is -1.59. The third-order valence-corrected chi connectivity index (χ3v) is 5.89. The smallest absolute Gasteiger partial charge is 0.308 e. The lowest BCUT2D eigenvalue weighted by Gasteiger charge is -2.29. The van der Waals surface area contributed by atoms with Gasteiger partial charge >= 0.3 is 5.97 Å². The third-order valence-electron chi connectivity index (χ3n) is 5.64. The number of carbonyl (C=O) groups is 2. The van der Waals surface area contributed by atoms with E-state index in [0.717, 1.165) is 18.4 Å². The van der Waals surface area contributed by atoms with Gasteiger partial charge in [0.2, 0.25) is 5.91 Å². The number of rotatable bonds is 5. The quantitative estimate of drug-likeness (QED) is 0.887. The SMILES string of the molecule is CC(c1ccc(Cl)cc1)N(C)C(=O)CN1C2CCC1C(C(=O)O)C2. The Morgan fingerprint density at radius 3 is 2.58 bits per heavy atom. The number of fused-ring (bicyclic) bond motifs is 2. The predicted molar refractivity (Wildman–Crippen MR) is 91.9 cm³/mol. The van der Waals surface area contributed by atoms with Crippen molar-refractivity contribution >= 4 is 23.5 Å². The number of carboxylic acids is 1. The van der Waals surface area contributed by atoms with Crippen LogP contribution in [0.2, 0.25) is 5.02 Å². The Morgan fingerprint density at radius 2 is 2.00 bits per heavy atom. The van der Waals surface area contributed by atoms with Crippen LogP contribution < -0.4 is 0 Å². The van der Waals surface area contributed by atoms with Gasteiger partial charge in [-0.2, -0.15) is 0 Å². The van der Waals surface area contributed by atoms with Crippen molar-refractivity contribution < 1.29 is 14.7 Å².